The molecule has 0 radical (unpaired) electrons. The summed E-state index contributed by atoms with van der Waals surface area (Å²) in [5.74, 6) is 1.53. The first-order chi connectivity index (χ1) is 17.7. The Hall–Kier alpha value is -5.02. The topological polar surface area (TPSA) is 120 Å². The molecule has 2 aromatic carbocycles. The molecule has 1 fully saturated rings. The third-order valence-electron chi connectivity index (χ3n) is 5.91. The number of hydrogen-bond acceptors (Lipinski definition) is 8. The highest BCUT2D eigenvalue weighted by molar-refractivity contribution is 5.94. The lowest BCUT2D eigenvalue weighted by atomic mass is 10.1. The van der Waals surface area contributed by atoms with Gasteiger partial charge in [0.1, 0.15) is 18.4 Å². The number of nitrogens with zero attached hydrogens (tertiary/aromatic N) is 5. The molecule has 36 heavy (non-hydrogen) atoms. The first-order valence-electron chi connectivity index (χ1n) is 11.4. The largest absolute Gasteiger partial charge is 0.489 e. The molecule has 1 saturated heterocycles. The average molecular weight is 479 g/mol. The summed E-state index contributed by atoms with van der Waals surface area (Å²) in [6, 6.07) is 21.9. The summed E-state index contributed by atoms with van der Waals surface area (Å²) in [6.07, 6.45) is 1.51. The Morgan fingerprint density at radius 1 is 1.00 bits per heavy atom. The molecule has 0 unspecified atom stereocenters. The van der Waals surface area contributed by atoms with Gasteiger partial charge in [0.2, 0.25) is 11.6 Å². The molecule has 178 valence electrons. The van der Waals surface area contributed by atoms with E-state index < -0.39 is 0 Å². The minimum Gasteiger partial charge on any atom is -0.489 e. The second-order valence-corrected chi connectivity index (χ2v) is 8.13. The Labute approximate surface area is 207 Å². The van der Waals surface area contributed by atoms with Crippen molar-refractivity contribution >= 4 is 11.8 Å². The van der Waals surface area contributed by atoms with Crippen LogP contribution in [0.5, 0.6) is 5.75 Å². The third-order valence-corrected chi connectivity index (χ3v) is 5.91. The number of amides is 1. The number of carbonyl (C=O) groups excluding carboxylic acids is 1. The van der Waals surface area contributed by atoms with Crippen LogP contribution in [0.25, 0.3) is 11.7 Å². The maximum atomic E-state index is 13.2. The first kappa shape index (κ1) is 22.8. The summed E-state index contributed by atoms with van der Waals surface area (Å²) in [4.78, 5) is 21.1. The fraction of sp³-hybridized carbons (Fsp3) is 0.185. The molecule has 9 nitrogen and oxygen atoms in total. The van der Waals surface area contributed by atoms with Crippen molar-refractivity contribution < 1.29 is 18.4 Å². The molecule has 5 rings (SSSR count). The fourth-order valence-electron chi connectivity index (χ4n) is 4.04. The van der Waals surface area contributed by atoms with E-state index in [4.69, 9.17) is 13.6 Å². The summed E-state index contributed by atoms with van der Waals surface area (Å²) < 4.78 is 17.0. The minimum absolute atomic E-state index is 0.105. The number of furan rings is 1. The normalized spacial score (nSPS) is 13.2. The van der Waals surface area contributed by atoms with Crippen LogP contribution in [0, 0.1) is 22.7 Å². The molecular weight excluding hydrogens is 458 g/mol. The van der Waals surface area contributed by atoms with E-state index in [1.54, 1.807) is 47.4 Å². The first-order valence-corrected chi connectivity index (χ1v) is 11.4. The van der Waals surface area contributed by atoms with E-state index in [0.29, 0.717) is 54.7 Å². The van der Waals surface area contributed by atoms with Gasteiger partial charge in [0.05, 0.1) is 17.9 Å². The van der Waals surface area contributed by atoms with Crippen LogP contribution in [0.3, 0.4) is 0 Å². The molecule has 3 heterocycles. The molecule has 1 amide bonds. The zero-order chi connectivity index (χ0) is 24.9. The van der Waals surface area contributed by atoms with E-state index in [-0.39, 0.29) is 24.1 Å². The lowest BCUT2D eigenvalue weighted by molar-refractivity contribution is 0.0745. The van der Waals surface area contributed by atoms with Crippen LogP contribution < -0.4 is 9.64 Å². The number of benzene rings is 2. The number of hydrogen-bond donors (Lipinski definition) is 0. The highest BCUT2D eigenvalue weighted by Gasteiger charge is 2.27. The molecule has 0 aliphatic carbocycles. The highest BCUT2D eigenvalue weighted by atomic mass is 16.5. The molecule has 1 aliphatic heterocycles. The van der Waals surface area contributed by atoms with Gasteiger partial charge in [0.25, 0.3) is 11.8 Å². The molecule has 0 atom stereocenters. The standard InChI is InChI=1S/C27H21N5O4/c28-16-20-5-1-2-6-21(20)18-35-22-8-3-7-19(15-22)26(33)31-10-12-32(13-11-31)27-23(17-29)30-25(36-27)24-9-4-14-34-24/h1-9,14-15H,10-13,18H2. The van der Waals surface area contributed by atoms with E-state index in [1.807, 2.05) is 23.1 Å². The zero-order valence-corrected chi connectivity index (χ0v) is 19.3. The van der Waals surface area contributed by atoms with Gasteiger partial charge in [0.15, 0.2) is 5.76 Å². The third kappa shape index (κ3) is 4.63. The van der Waals surface area contributed by atoms with Crippen LogP contribution >= 0.6 is 0 Å². The van der Waals surface area contributed by atoms with Gasteiger partial charge >= 0.3 is 0 Å². The number of carbonyl (C=O) groups is 1. The van der Waals surface area contributed by atoms with Crippen molar-refractivity contribution in [1.29, 1.82) is 10.5 Å². The summed E-state index contributed by atoms with van der Waals surface area (Å²) in [5.41, 5.74) is 2.05. The van der Waals surface area contributed by atoms with Gasteiger partial charge in [-0.15, -0.1) is 0 Å². The highest BCUT2D eigenvalue weighted by Crippen LogP contribution is 2.29. The van der Waals surface area contributed by atoms with E-state index in [2.05, 4.69) is 17.1 Å². The maximum Gasteiger partial charge on any atom is 0.266 e. The molecule has 9 heteroatoms. The second-order valence-electron chi connectivity index (χ2n) is 8.13. The Morgan fingerprint density at radius 2 is 1.83 bits per heavy atom. The number of rotatable bonds is 6. The monoisotopic (exact) mass is 479 g/mol. The summed E-state index contributed by atoms with van der Waals surface area (Å²) in [6.45, 7) is 2.14. The predicted octanol–water partition coefficient (Wildman–Crippen LogP) is 4.22. The lowest BCUT2D eigenvalue weighted by Gasteiger charge is -2.34. The predicted molar refractivity (Wildman–Crippen MR) is 129 cm³/mol. The van der Waals surface area contributed by atoms with Gasteiger partial charge in [-0.3, -0.25) is 4.79 Å². The van der Waals surface area contributed by atoms with Crippen LogP contribution in [0.1, 0.15) is 27.2 Å². The SMILES string of the molecule is N#Cc1ccccc1COc1cccc(C(=O)N2CCN(c3oc(-c4ccco4)nc3C#N)CC2)c1. The van der Waals surface area contributed by atoms with E-state index in [0.717, 1.165) is 5.56 Å². The molecule has 4 aromatic rings. The van der Waals surface area contributed by atoms with Crippen molar-refractivity contribution in [2.75, 3.05) is 31.1 Å². The van der Waals surface area contributed by atoms with Crippen molar-refractivity contribution in [2.45, 2.75) is 6.61 Å². The fourth-order valence-corrected chi connectivity index (χ4v) is 4.04. The van der Waals surface area contributed by atoms with E-state index in [9.17, 15) is 15.3 Å². The Morgan fingerprint density at radius 3 is 2.58 bits per heavy atom. The average Bonchev–Trinajstić information content (AvgIpc) is 3.62. The molecule has 0 bridgehead atoms. The molecule has 1 aliphatic rings. The number of oxazole rings is 1. The minimum atomic E-state index is -0.105. The van der Waals surface area contributed by atoms with Crippen molar-refractivity contribution in [1.82, 2.24) is 9.88 Å². The Balaban J connectivity index is 1.23. The van der Waals surface area contributed by atoms with Gasteiger partial charge < -0.3 is 23.4 Å². The number of nitriles is 2. The molecule has 0 spiro atoms. The van der Waals surface area contributed by atoms with Crippen molar-refractivity contribution in [2.24, 2.45) is 0 Å². The Kier molecular flexibility index (Phi) is 6.37. The van der Waals surface area contributed by atoms with Crippen LogP contribution in [-0.2, 0) is 6.61 Å². The number of aromatic nitrogens is 1. The summed E-state index contributed by atoms with van der Waals surface area (Å²) >= 11 is 0. The van der Waals surface area contributed by atoms with Crippen LogP contribution in [0.15, 0.2) is 75.8 Å². The van der Waals surface area contributed by atoms with Crippen molar-refractivity contribution in [3.8, 4) is 29.5 Å². The van der Waals surface area contributed by atoms with Gasteiger partial charge in [0, 0.05) is 37.3 Å². The number of ether oxygens (including phenoxy) is 1. The quantitative estimate of drug-likeness (QED) is 0.403. The maximum absolute atomic E-state index is 13.2. The molecule has 2 aromatic heterocycles. The van der Waals surface area contributed by atoms with Crippen LogP contribution in [0.2, 0.25) is 0 Å². The lowest BCUT2D eigenvalue weighted by Crippen LogP contribution is -2.48. The second kappa shape index (κ2) is 10.1. The molecular formula is C27H21N5O4. The Bertz CT molecular complexity index is 1450. The van der Waals surface area contributed by atoms with Crippen LogP contribution in [-0.4, -0.2) is 42.0 Å². The summed E-state index contributed by atoms with van der Waals surface area (Å²) in [5, 5.41) is 18.8. The summed E-state index contributed by atoms with van der Waals surface area (Å²) in [7, 11) is 0. The van der Waals surface area contributed by atoms with Crippen molar-refractivity contribution in [3.05, 3.63) is 89.3 Å². The smallest absolute Gasteiger partial charge is 0.266 e. The van der Waals surface area contributed by atoms with Gasteiger partial charge in [-0.05, 0) is 36.4 Å². The van der Waals surface area contributed by atoms with Crippen LogP contribution in [0.4, 0.5) is 5.88 Å². The van der Waals surface area contributed by atoms with Gasteiger partial charge in [-0.2, -0.15) is 15.5 Å². The van der Waals surface area contributed by atoms with Gasteiger partial charge in [-0.25, -0.2) is 0 Å². The molecule has 0 saturated carbocycles. The zero-order valence-electron chi connectivity index (χ0n) is 19.3. The number of anilines is 1. The number of piperazine rings is 1. The molecule has 0 N–H and O–H groups in total. The van der Waals surface area contributed by atoms with E-state index in [1.165, 1.54) is 6.26 Å². The van der Waals surface area contributed by atoms with Crippen molar-refractivity contribution in [3.63, 3.8) is 0 Å². The van der Waals surface area contributed by atoms with E-state index >= 15 is 0 Å². The van der Waals surface area contributed by atoms with Gasteiger partial charge in [-0.1, -0.05) is 24.3 Å².